The van der Waals surface area contributed by atoms with Crippen LogP contribution >= 0.6 is 11.6 Å². The van der Waals surface area contributed by atoms with Crippen molar-refractivity contribution in [3.8, 4) is 0 Å². The molecule has 0 unspecified atom stereocenters. The van der Waals surface area contributed by atoms with Gasteiger partial charge in [0, 0.05) is 10.7 Å². The first kappa shape index (κ1) is 11.3. The lowest BCUT2D eigenvalue weighted by Gasteiger charge is -2.08. The van der Waals surface area contributed by atoms with Crippen LogP contribution in [0.4, 0.5) is 5.69 Å². The number of amidine groups is 1. The Bertz CT molecular complexity index is 418. The number of anilines is 1. The van der Waals surface area contributed by atoms with Crippen molar-refractivity contribution >= 4 is 29.0 Å². The SMILES string of the molecule is Cc1c(Cl)cccc1NC(=O)/C(N)=N\O. The third-order valence-electron chi connectivity index (χ3n) is 1.86. The second-order valence-electron chi connectivity index (χ2n) is 2.85. The van der Waals surface area contributed by atoms with Gasteiger partial charge >= 0.3 is 0 Å². The molecule has 0 saturated heterocycles. The summed E-state index contributed by atoms with van der Waals surface area (Å²) in [5.41, 5.74) is 6.35. The van der Waals surface area contributed by atoms with E-state index in [1.165, 1.54) is 0 Å². The fraction of sp³-hybridized carbons (Fsp3) is 0.111. The molecule has 0 aliphatic heterocycles. The zero-order valence-electron chi connectivity index (χ0n) is 7.99. The van der Waals surface area contributed by atoms with Crippen molar-refractivity contribution in [1.29, 1.82) is 0 Å². The zero-order chi connectivity index (χ0) is 11.4. The molecule has 1 amide bonds. The molecule has 5 nitrogen and oxygen atoms in total. The fourth-order valence-corrected chi connectivity index (χ4v) is 1.15. The lowest BCUT2D eigenvalue weighted by atomic mass is 10.2. The van der Waals surface area contributed by atoms with E-state index in [-0.39, 0.29) is 0 Å². The molecule has 4 N–H and O–H groups in total. The summed E-state index contributed by atoms with van der Waals surface area (Å²) in [5, 5.41) is 13.9. The molecule has 1 rings (SSSR count). The molecule has 6 heteroatoms. The number of rotatable bonds is 1. The van der Waals surface area contributed by atoms with Gasteiger partial charge in [-0.15, -0.1) is 0 Å². The quantitative estimate of drug-likeness (QED) is 0.293. The van der Waals surface area contributed by atoms with Crippen molar-refractivity contribution in [1.82, 2.24) is 0 Å². The Hall–Kier alpha value is -1.75. The van der Waals surface area contributed by atoms with E-state index in [0.29, 0.717) is 10.7 Å². The highest BCUT2D eigenvalue weighted by Crippen LogP contribution is 2.22. The zero-order valence-corrected chi connectivity index (χ0v) is 8.75. The van der Waals surface area contributed by atoms with E-state index in [4.69, 9.17) is 22.5 Å². The Balaban J connectivity index is 2.91. The highest BCUT2D eigenvalue weighted by Gasteiger charge is 2.10. The molecule has 80 valence electrons. The number of hydrogen-bond acceptors (Lipinski definition) is 3. The average molecular weight is 228 g/mol. The van der Waals surface area contributed by atoms with Gasteiger partial charge in [0.25, 0.3) is 5.91 Å². The van der Waals surface area contributed by atoms with Crippen LogP contribution in [0, 0.1) is 6.92 Å². The second kappa shape index (κ2) is 4.65. The number of carbonyl (C=O) groups is 1. The summed E-state index contributed by atoms with van der Waals surface area (Å²) < 4.78 is 0. The van der Waals surface area contributed by atoms with E-state index in [2.05, 4.69) is 10.5 Å². The minimum Gasteiger partial charge on any atom is -0.409 e. The third-order valence-corrected chi connectivity index (χ3v) is 2.27. The molecule has 0 aliphatic carbocycles. The maximum Gasteiger partial charge on any atom is 0.294 e. The summed E-state index contributed by atoms with van der Waals surface area (Å²) in [6, 6.07) is 5.07. The molecule has 0 aliphatic rings. The first-order valence-electron chi connectivity index (χ1n) is 4.10. The summed E-state index contributed by atoms with van der Waals surface area (Å²) in [6.07, 6.45) is 0. The van der Waals surface area contributed by atoms with Gasteiger partial charge in [0.05, 0.1) is 0 Å². The first-order valence-corrected chi connectivity index (χ1v) is 4.48. The molecule has 0 fully saturated rings. The van der Waals surface area contributed by atoms with Crippen molar-refractivity contribution in [2.75, 3.05) is 5.32 Å². The largest absolute Gasteiger partial charge is 0.409 e. The Labute approximate surface area is 91.5 Å². The van der Waals surface area contributed by atoms with Gasteiger partial charge in [0.1, 0.15) is 0 Å². The van der Waals surface area contributed by atoms with Crippen LogP contribution in [0.1, 0.15) is 5.56 Å². The van der Waals surface area contributed by atoms with Gasteiger partial charge in [-0.25, -0.2) is 0 Å². The molecule has 0 radical (unpaired) electrons. The maximum atomic E-state index is 11.2. The Morgan fingerprint density at radius 2 is 2.27 bits per heavy atom. The van der Waals surface area contributed by atoms with Crippen molar-refractivity contribution in [3.63, 3.8) is 0 Å². The van der Waals surface area contributed by atoms with Crippen LogP contribution in [-0.2, 0) is 4.79 Å². The number of nitrogens with one attached hydrogen (secondary N) is 1. The molecule has 1 aromatic rings. The predicted molar refractivity (Wildman–Crippen MR) is 58.2 cm³/mol. The summed E-state index contributed by atoms with van der Waals surface area (Å²) in [5.74, 6) is -1.18. The number of hydrogen-bond donors (Lipinski definition) is 3. The maximum absolute atomic E-state index is 11.2. The van der Waals surface area contributed by atoms with Crippen molar-refractivity contribution in [2.24, 2.45) is 10.9 Å². The molecule has 0 spiro atoms. The number of halogens is 1. The van der Waals surface area contributed by atoms with Crippen LogP contribution in [0.25, 0.3) is 0 Å². The molecule has 0 heterocycles. The molecular formula is C9H10ClN3O2. The normalized spacial score (nSPS) is 11.2. The summed E-state index contributed by atoms with van der Waals surface area (Å²) in [6.45, 7) is 1.75. The van der Waals surface area contributed by atoms with Crippen molar-refractivity contribution in [3.05, 3.63) is 28.8 Å². The number of benzene rings is 1. The second-order valence-corrected chi connectivity index (χ2v) is 3.26. The van der Waals surface area contributed by atoms with Gasteiger partial charge in [-0.2, -0.15) is 0 Å². The Morgan fingerprint density at radius 1 is 1.60 bits per heavy atom. The van der Waals surface area contributed by atoms with Crippen LogP contribution in [0.5, 0.6) is 0 Å². The van der Waals surface area contributed by atoms with Crippen LogP contribution in [0.15, 0.2) is 23.4 Å². The van der Waals surface area contributed by atoms with E-state index in [9.17, 15) is 4.79 Å². The molecule has 1 aromatic carbocycles. The summed E-state index contributed by atoms with van der Waals surface area (Å²) in [4.78, 5) is 11.2. The minimum absolute atomic E-state index is 0.505. The predicted octanol–water partition coefficient (Wildman–Crippen LogP) is 1.33. The molecule has 0 bridgehead atoms. The van der Waals surface area contributed by atoms with E-state index in [0.717, 1.165) is 5.56 Å². The number of carbonyl (C=O) groups excluding carboxylic acids is 1. The smallest absolute Gasteiger partial charge is 0.294 e. The van der Waals surface area contributed by atoms with Crippen molar-refractivity contribution < 1.29 is 10.0 Å². The van der Waals surface area contributed by atoms with Gasteiger partial charge in [-0.1, -0.05) is 22.8 Å². The summed E-state index contributed by atoms with van der Waals surface area (Å²) >= 11 is 5.85. The third kappa shape index (κ3) is 2.60. The van der Waals surface area contributed by atoms with E-state index >= 15 is 0 Å². The lowest BCUT2D eigenvalue weighted by Crippen LogP contribution is -2.30. The van der Waals surface area contributed by atoms with Crippen LogP contribution in [0.3, 0.4) is 0 Å². The number of nitrogens with two attached hydrogens (primary N) is 1. The van der Waals surface area contributed by atoms with Gasteiger partial charge in [0.15, 0.2) is 0 Å². The van der Waals surface area contributed by atoms with Crippen molar-refractivity contribution in [2.45, 2.75) is 6.92 Å². The van der Waals surface area contributed by atoms with Crippen LogP contribution in [-0.4, -0.2) is 17.0 Å². The lowest BCUT2D eigenvalue weighted by molar-refractivity contribution is -0.110. The van der Waals surface area contributed by atoms with E-state index < -0.39 is 11.7 Å². The van der Waals surface area contributed by atoms with Gasteiger partial charge < -0.3 is 16.3 Å². The van der Waals surface area contributed by atoms with Crippen LogP contribution in [0.2, 0.25) is 5.02 Å². The standard InChI is InChI=1S/C9H10ClN3O2/c1-5-6(10)3-2-4-7(5)12-9(14)8(11)13-15/h2-4,15H,1H3,(H2,11,13)(H,12,14). The Morgan fingerprint density at radius 3 is 2.87 bits per heavy atom. The molecule has 0 atom stereocenters. The van der Waals surface area contributed by atoms with Gasteiger partial charge in [-0.3, -0.25) is 4.79 Å². The van der Waals surface area contributed by atoms with E-state index in [1.807, 2.05) is 0 Å². The minimum atomic E-state index is -0.678. The molecular weight excluding hydrogens is 218 g/mol. The highest BCUT2D eigenvalue weighted by molar-refractivity contribution is 6.41. The first-order chi connectivity index (χ1) is 7.06. The fourth-order valence-electron chi connectivity index (χ4n) is 0.975. The highest BCUT2D eigenvalue weighted by atomic mass is 35.5. The summed E-state index contributed by atoms with van der Waals surface area (Å²) in [7, 11) is 0. The van der Waals surface area contributed by atoms with Crippen LogP contribution < -0.4 is 11.1 Å². The number of nitrogens with zero attached hydrogens (tertiary/aromatic N) is 1. The number of oxime groups is 1. The topological polar surface area (TPSA) is 87.7 Å². The molecule has 0 saturated carbocycles. The molecule has 15 heavy (non-hydrogen) atoms. The van der Waals surface area contributed by atoms with Gasteiger partial charge in [0.2, 0.25) is 5.84 Å². The number of amides is 1. The Kier molecular flexibility index (Phi) is 3.51. The van der Waals surface area contributed by atoms with Gasteiger partial charge in [-0.05, 0) is 24.6 Å². The monoisotopic (exact) mass is 227 g/mol. The average Bonchev–Trinajstić information content (AvgIpc) is 2.23. The van der Waals surface area contributed by atoms with E-state index in [1.54, 1.807) is 25.1 Å². The molecule has 0 aromatic heterocycles.